The summed E-state index contributed by atoms with van der Waals surface area (Å²) in [6, 6.07) is 15.7. The van der Waals surface area contributed by atoms with E-state index in [-0.39, 0.29) is 10.3 Å². The van der Waals surface area contributed by atoms with E-state index in [0.717, 1.165) is 32.5 Å². The van der Waals surface area contributed by atoms with Gasteiger partial charge in [-0.3, -0.25) is 4.90 Å². The third-order valence-electron chi connectivity index (χ3n) is 6.27. The zero-order valence-corrected chi connectivity index (χ0v) is 18.1. The molecule has 0 aromatic heterocycles. The number of fused-ring (bicyclic) bond motifs is 1. The average Bonchev–Trinajstić information content (AvgIpc) is 2.71. The predicted octanol–water partition coefficient (Wildman–Crippen LogP) is 3.68. The van der Waals surface area contributed by atoms with Crippen molar-refractivity contribution in [1.82, 2.24) is 9.21 Å². The molecule has 0 N–H and O–H groups in total. The summed E-state index contributed by atoms with van der Waals surface area (Å²) in [6.07, 6.45) is 1.88. The molecule has 0 bridgehead atoms. The molecule has 5 nitrogen and oxygen atoms in total. The van der Waals surface area contributed by atoms with Gasteiger partial charge in [0.1, 0.15) is 10.6 Å². The monoisotopic (exact) mass is 414 g/mol. The Kier molecular flexibility index (Phi) is 5.69. The van der Waals surface area contributed by atoms with Crippen molar-refractivity contribution >= 4 is 10.0 Å². The van der Waals surface area contributed by atoms with E-state index < -0.39 is 10.0 Å². The van der Waals surface area contributed by atoms with E-state index in [9.17, 15) is 8.42 Å². The number of para-hydroxylation sites is 1. The first-order valence-corrected chi connectivity index (χ1v) is 11.9. The van der Waals surface area contributed by atoms with Gasteiger partial charge in [-0.2, -0.15) is 4.31 Å². The first-order chi connectivity index (χ1) is 13.9. The summed E-state index contributed by atoms with van der Waals surface area (Å²) in [6.45, 7) is 8.46. The SMILES string of the molecule is CCN1CC2(CCN(Cc3cccc(C)c3)CC2)COc2ccccc2S1(=O)=O. The molecule has 6 heteroatoms. The molecule has 2 aliphatic heterocycles. The number of likely N-dealkylation sites (tertiary alicyclic amines) is 1. The van der Waals surface area contributed by atoms with Gasteiger partial charge in [-0.15, -0.1) is 0 Å². The van der Waals surface area contributed by atoms with E-state index in [1.807, 2.05) is 13.0 Å². The summed E-state index contributed by atoms with van der Waals surface area (Å²) in [4.78, 5) is 2.76. The highest BCUT2D eigenvalue weighted by atomic mass is 32.2. The van der Waals surface area contributed by atoms with Gasteiger partial charge < -0.3 is 4.74 Å². The van der Waals surface area contributed by atoms with Crippen LogP contribution in [0.25, 0.3) is 0 Å². The summed E-state index contributed by atoms with van der Waals surface area (Å²) in [5.74, 6) is 0.479. The number of ether oxygens (including phenoxy) is 1. The van der Waals surface area contributed by atoms with E-state index in [1.165, 1.54) is 11.1 Å². The van der Waals surface area contributed by atoms with Crippen LogP contribution in [0.1, 0.15) is 30.9 Å². The molecular formula is C23H30N2O3S. The molecule has 2 heterocycles. The highest BCUT2D eigenvalue weighted by molar-refractivity contribution is 7.89. The van der Waals surface area contributed by atoms with Gasteiger partial charge in [0.05, 0.1) is 6.61 Å². The number of rotatable bonds is 3. The quantitative estimate of drug-likeness (QED) is 0.769. The van der Waals surface area contributed by atoms with Crippen molar-refractivity contribution in [3.8, 4) is 5.75 Å². The number of nitrogens with zero attached hydrogens (tertiary/aromatic N) is 2. The molecule has 1 spiro atoms. The second kappa shape index (κ2) is 8.09. The lowest BCUT2D eigenvalue weighted by atomic mass is 9.78. The fourth-order valence-electron chi connectivity index (χ4n) is 4.50. The van der Waals surface area contributed by atoms with Crippen molar-refractivity contribution in [2.75, 3.05) is 32.8 Å². The first-order valence-electron chi connectivity index (χ1n) is 10.4. The van der Waals surface area contributed by atoms with Gasteiger partial charge in [-0.05, 0) is 50.6 Å². The maximum Gasteiger partial charge on any atom is 0.246 e. The number of piperidine rings is 1. The van der Waals surface area contributed by atoms with Gasteiger partial charge in [0, 0.05) is 25.0 Å². The Morgan fingerprint density at radius 1 is 1.07 bits per heavy atom. The average molecular weight is 415 g/mol. The molecule has 1 saturated heterocycles. The number of sulfonamides is 1. The van der Waals surface area contributed by atoms with Crippen LogP contribution in [-0.4, -0.2) is 50.4 Å². The Balaban J connectivity index is 1.52. The Morgan fingerprint density at radius 2 is 1.83 bits per heavy atom. The number of hydrogen-bond acceptors (Lipinski definition) is 4. The smallest absolute Gasteiger partial charge is 0.246 e. The fraction of sp³-hybridized carbons (Fsp3) is 0.478. The van der Waals surface area contributed by atoms with Crippen molar-refractivity contribution < 1.29 is 13.2 Å². The van der Waals surface area contributed by atoms with Crippen LogP contribution in [0.3, 0.4) is 0 Å². The van der Waals surface area contributed by atoms with Crippen molar-refractivity contribution in [3.63, 3.8) is 0 Å². The Hall–Kier alpha value is -1.89. The molecule has 2 aromatic rings. The van der Waals surface area contributed by atoms with E-state index in [2.05, 4.69) is 36.1 Å². The van der Waals surface area contributed by atoms with E-state index in [0.29, 0.717) is 25.4 Å². The van der Waals surface area contributed by atoms with Crippen molar-refractivity contribution in [2.45, 2.75) is 38.1 Å². The molecule has 29 heavy (non-hydrogen) atoms. The fourth-order valence-corrected chi connectivity index (χ4v) is 6.19. The van der Waals surface area contributed by atoms with Crippen LogP contribution < -0.4 is 4.74 Å². The van der Waals surface area contributed by atoms with Crippen LogP contribution in [0.5, 0.6) is 5.75 Å². The van der Waals surface area contributed by atoms with Crippen molar-refractivity contribution in [3.05, 3.63) is 59.7 Å². The van der Waals surface area contributed by atoms with Crippen LogP contribution in [0.4, 0.5) is 0 Å². The standard InChI is InChI=1S/C23H30N2O3S/c1-3-25-17-23(18-28-21-9-4-5-10-22(21)29(25,26)27)11-13-24(14-12-23)16-20-8-6-7-19(2)15-20/h4-10,15H,3,11-14,16-18H2,1-2H3. The molecule has 2 aromatic carbocycles. The lowest BCUT2D eigenvalue weighted by Crippen LogP contribution is -2.51. The molecule has 0 atom stereocenters. The molecule has 0 aliphatic carbocycles. The number of benzene rings is 2. The Labute approximate surface area is 174 Å². The highest BCUT2D eigenvalue weighted by Gasteiger charge is 2.42. The molecule has 0 amide bonds. The van der Waals surface area contributed by atoms with E-state index >= 15 is 0 Å². The van der Waals surface area contributed by atoms with E-state index in [4.69, 9.17) is 4.74 Å². The molecule has 4 rings (SSSR count). The molecule has 0 saturated carbocycles. The van der Waals surface area contributed by atoms with Crippen LogP contribution in [0.2, 0.25) is 0 Å². The Morgan fingerprint density at radius 3 is 2.55 bits per heavy atom. The number of hydrogen-bond donors (Lipinski definition) is 0. The molecule has 156 valence electrons. The minimum atomic E-state index is -3.54. The molecule has 2 aliphatic rings. The van der Waals surface area contributed by atoms with Crippen molar-refractivity contribution in [2.24, 2.45) is 5.41 Å². The van der Waals surface area contributed by atoms with Gasteiger partial charge in [0.15, 0.2) is 0 Å². The highest BCUT2D eigenvalue weighted by Crippen LogP contribution is 2.39. The van der Waals surface area contributed by atoms with Crippen LogP contribution in [-0.2, 0) is 16.6 Å². The summed E-state index contributed by atoms with van der Waals surface area (Å²) in [5.41, 5.74) is 2.48. The second-order valence-electron chi connectivity index (χ2n) is 8.43. The third kappa shape index (κ3) is 4.20. The molecular weight excluding hydrogens is 384 g/mol. The van der Waals surface area contributed by atoms with Gasteiger partial charge in [0.2, 0.25) is 10.0 Å². The summed E-state index contributed by atoms with van der Waals surface area (Å²) in [5, 5.41) is 0. The summed E-state index contributed by atoms with van der Waals surface area (Å²) >= 11 is 0. The van der Waals surface area contributed by atoms with E-state index in [1.54, 1.807) is 22.5 Å². The predicted molar refractivity (Wildman–Crippen MR) is 114 cm³/mol. The minimum Gasteiger partial charge on any atom is -0.492 e. The molecule has 0 radical (unpaired) electrons. The summed E-state index contributed by atoms with van der Waals surface area (Å²) < 4.78 is 34.2. The number of aryl methyl sites for hydroxylation is 1. The lowest BCUT2D eigenvalue weighted by Gasteiger charge is -2.44. The van der Waals surface area contributed by atoms with Crippen LogP contribution in [0, 0.1) is 12.3 Å². The van der Waals surface area contributed by atoms with Gasteiger partial charge in [0.25, 0.3) is 0 Å². The minimum absolute atomic E-state index is 0.139. The Bertz CT molecular complexity index is 966. The normalized spacial score (nSPS) is 21.7. The van der Waals surface area contributed by atoms with Gasteiger partial charge in [-0.25, -0.2) is 8.42 Å². The lowest BCUT2D eigenvalue weighted by molar-refractivity contribution is 0.0333. The first kappa shape index (κ1) is 20.4. The maximum absolute atomic E-state index is 13.2. The third-order valence-corrected chi connectivity index (χ3v) is 8.23. The van der Waals surface area contributed by atoms with Crippen LogP contribution in [0.15, 0.2) is 53.4 Å². The largest absolute Gasteiger partial charge is 0.492 e. The topological polar surface area (TPSA) is 49.9 Å². The van der Waals surface area contributed by atoms with Gasteiger partial charge in [-0.1, -0.05) is 48.9 Å². The zero-order valence-electron chi connectivity index (χ0n) is 17.3. The second-order valence-corrected chi connectivity index (χ2v) is 10.3. The summed E-state index contributed by atoms with van der Waals surface area (Å²) in [7, 11) is -3.54. The van der Waals surface area contributed by atoms with Crippen molar-refractivity contribution in [1.29, 1.82) is 0 Å². The zero-order chi connectivity index (χ0) is 20.5. The maximum atomic E-state index is 13.2. The molecule has 1 fully saturated rings. The van der Waals surface area contributed by atoms with Gasteiger partial charge >= 0.3 is 0 Å². The van der Waals surface area contributed by atoms with Crippen LogP contribution >= 0.6 is 0 Å². The molecule has 0 unspecified atom stereocenters.